The zero-order chi connectivity index (χ0) is 17.1. The average Bonchev–Trinajstić information content (AvgIpc) is 3.12. The van der Waals surface area contributed by atoms with Gasteiger partial charge in [-0.2, -0.15) is 9.97 Å². The lowest BCUT2D eigenvalue weighted by Gasteiger charge is -2.16. The van der Waals surface area contributed by atoms with E-state index in [2.05, 4.69) is 34.0 Å². The van der Waals surface area contributed by atoms with Crippen LogP contribution < -0.4 is 16.2 Å². The van der Waals surface area contributed by atoms with E-state index in [9.17, 15) is 0 Å². The number of nitrogens with two attached hydrogens (primary N) is 2. The fraction of sp³-hybridized carbons (Fsp3) is 0.562. The molecule has 0 bridgehead atoms. The van der Waals surface area contributed by atoms with E-state index in [-0.39, 0.29) is 12.1 Å². The Morgan fingerprint density at radius 3 is 2.92 bits per heavy atom. The number of aromatic nitrogens is 3. The van der Waals surface area contributed by atoms with Crippen molar-refractivity contribution in [2.24, 2.45) is 0 Å². The van der Waals surface area contributed by atoms with Crippen LogP contribution in [0, 0.1) is 0 Å². The number of rotatable bonds is 6. The number of hydrogen-bond acceptors (Lipinski definition) is 8. The normalized spacial score (nSPS) is 18.2. The summed E-state index contributed by atoms with van der Waals surface area (Å²) in [6, 6.07) is 1.94. The summed E-state index contributed by atoms with van der Waals surface area (Å²) in [4.78, 5) is 10.5. The van der Waals surface area contributed by atoms with E-state index in [1.165, 1.54) is 0 Å². The molecule has 1 atom stereocenters. The van der Waals surface area contributed by atoms with Crippen molar-refractivity contribution in [2.45, 2.75) is 38.7 Å². The maximum absolute atomic E-state index is 6.05. The number of aryl methyl sites for hydroxylation is 1. The molecule has 0 aliphatic carbocycles. The summed E-state index contributed by atoms with van der Waals surface area (Å²) in [6.45, 7) is 3.95. The van der Waals surface area contributed by atoms with Crippen LogP contribution in [-0.4, -0.2) is 46.3 Å². The molecule has 0 radical (unpaired) electrons. The second-order valence-electron chi connectivity index (χ2n) is 6.25. The van der Waals surface area contributed by atoms with Crippen molar-refractivity contribution in [3.8, 4) is 5.88 Å². The van der Waals surface area contributed by atoms with Crippen LogP contribution in [0.4, 0.5) is 11.8 Å². The first kappa shape index (κ1) is 16.5. The van der Waals surface area contributed by atoms with Gasteiger partial charge in [-0.1, -0.05) is 18.5 Å². The van der Waals surface area contributed by atoms with Crippen LogP contribution in [0.15, 0.2) is 10.6 Å². The van der Waals surface area contributed by atoms with Gasteiger partial charge >= 0.3 is 0 Å². The summed E-state index contributed by atoms with van der Waals surface area (Å²) in [6.07, 6.45) is 3.36. The van der Waals surface area contributed by atoms with E-state index in [1.54, 1.807) is 0 Å². The van der Waals surface area contributed by atoms with Gasteiger partial charge in [-0.25, -0.2) is 0 Å². The van der Waals surface area contributed by atoms with Gasteiger partial charge in [0.05, 0.1) is 11.3 Å². The third-order valence-electron chi connectivity index (χ3n) is 4.11. The Kier molecular flexibility index (Phi) is 4.84. The number of hydrogen-bond donors (Lipinski definition) is 2. The molecule has 4 N–H and O–H groups in total. The molecule has 8 nitrogen and oxygen atoms in total. The van der Waals surface area contributed by atoms with E-state index >= 15 is 0 Å². The van der Waals surface area contributed by atoms with Crippen molar-refractivity contribution in [1.29, 1.82) is 0 Å². The molecular weight excluding hydrogens is 308 g/mol. The molecule has 3 heterocycles. The molecule has 8 heteroatoms. The molecule has 3 rings (SSSR count). The van der Waals surface area contributed by atoms with E-state index in [4.69, 9.17) is 20.7 Å². The van der Waals surface area contributed by atoms with Gasteiger partial charge in [0.2, 0.25) is 11.8 Å². The fourth-order valence-corrected chi connectivity index (χ4v) is 2.90. The number of likely N-dealkylation sites (tertiary alicyclic amines) is 1. The van der Waals surface area contributed by atoms with Crippen molar-refractivity contribution in [3.05, 3.63) is 23.1 Å². The Bertz CT molecular complexity index is 702. The van der Waals surface area contributed by atoms with E-state index in [0.29, 0.717) is 29.4 Å². The lowest BCUT2D eigenvalue weighted by Crippen LogP contribution is -2.23. The standard InChI is InChI=1S/C16H24N6O2/c1-3-4-10-7-12(24-21-10)8-13-14(17)19-16(18)20-15(13)23-11-5-6-22(2)9-11/h7,11H,3-6,8-9H2,1-2H3,(H4,17,18,19,20). The van der Waals surface area contributed by atoms with Crippen molar-refractivity contribution in [1.82, 2.24) is 20.0 Å². The molecule has 2 aromatic heterocycles. The zero-order valence-corrected chi connectivity index (χ0v) is 14.2. The van der Waals surface area contributed by atoms with Crippen molar-refractivity contribution in [2.75, 3.05) is 31.6 Å². The topological polar surface area (TPSA) is 116 Å². The zero-order valence-electron chi connectivity index (χ0n) is 14.2. The van der Waals surface area contributed by atoms with Gasteiger partial charge in [0.25, 0.3) is 0 Å². The Labute approximate surface area is 141 Å². The Morgan fingerprint density at radius 2 is 2.21 bits per heavy atom. The number of nitrogen functional groups attached to an aromatic ring is 2. The van der Waals surface area contributed by atoms with Gasteiger partial charge in [0.15, 0.2) is 0 Å². The minimum Gasteiger partial charge on any atom is -0.473 e. The highest BCUT2D eigenvalue weighted by atomic mass is 16.5. The molecule has 1 fully saturated rings. The number of nitrogens with zero attached hydrogens (tertiary/aromatic N) is 4. The Hall–Kier alpha value is -2.35. The molecule has 1 unspecified atom stereocenters. The second-order valence-corrected chi connectivity index (χ2v) is 6.25. The largest absolute Gasteiger partial charge is 0.473 e. The van der Waals surface area contributed by atoms with Gasteiger partial charge < -0.3 is 25.6 Å². The molecule has 0 aromatic carbocycles. The highest BCUT2D eigenvalue weighted by Crippen LogP contribution is 2.27. The van der Waals surface area contributed by atoms with Crippen molar-refractivity contribution in [3.63, 3.8) is 0 Å². The monoisotopic (exact) mass is 332 g/mol. The molecule has 0 spiro atoms. The summed E-state index contributed by atoms with van der Waals surface area (Å²) in [5, 5.41) is 4.06. The van der Waals surface area contributed by atoms with Crippen LogP contribution in [0.1, 0.15) is 36.8 Å². The number of likely N-dealkylation sites (N-methyl/N-ethyl adjacent to an activating group) is 1. The third-order valence-corrected chi connectivity index (χ3v) is 4.11. The summed E-state index contributed by atoms with van der Waals surface area (Å²) < 4.78 is 11.4. The van der Waals surface area contributed by atoms with E-state index < -0.39 is 0 Å². The van der Waals surface area contributed by atoms with Crippen LogP contribution in [-0.2, 0) is 12.8 Å². The van der Waals surface area contributed by atoms with E-state index in [1.807, 2.05) is 6.07 Å². The molecule has 0 saturated carbocycles. The molecule has 1 aliphatic rings. The lowest BCUT2D eigenvalue weighted by molar-refractivity contribution is 0.198. The fourth-order valence-electron chi connectivity index (χ4n) is 2.90. The minimum atomic E-state index is 0.0767. The molecule has 2 aromatic rings. The first-order valence-corrected chi connectivity index (χ1v) is 8.26. The molecule has 0 amide bonds. The summed E-state index contributed by atoms with van der Waals surface area (Å²) in [5.41, 5.74) is 13.4. The molecule has 130 valence electrons. The highest BCUT2D eigenvalue weighted by molar-refractivity contribution is 5.50. The quantitative estimate of drug-likeness (QED) is 0.812. The smallest absolute Gasteiger partial charge is 0.225 e. The predicted octanol–water partition coefficient (Wildman–Crippen LogP) is 1.26. The molecule has 24 heavy (non-hydrogen) atoms. The number of ether oxygens (including phenoxy) is 1. The van der Waals surface area contributed by atoms with Gasteiger partial charge in [-0.05, 0) is 19.9 Å². The Balaban J connectivity index is 1.82. The van der Waals surface area contributed by atoms with Crippen LogP contribution in [0.2, 0.25) is 0 Å². The average molecular weight is 332 g/mol. The first-order chi connectivity index (χ1) is 11.5. The first-order valence-electron chi connectivity index (χ1n) is 8.26. The van der Waals surface area contributed by atoms with Crippen LogP contribution in [0.3, 0.4) is 0 Å². The number of anilines is 2. The maximum Gasteiger partial charge on any atom is 0.225 e. The molecule has 1 saturated heterocycles. The van der Waals surface area contributed by atoms with E-state index in [0.717, 1.165) is 38.0 Å². The van der Waals surface area contributed by atoms with Crippen molar-refractivity contribution >= 4 is 11.8 Å². The SMILES string of the molecule is CCCc1cc(Cc2c(N)nc(N)nc2OC2CCN(C)C2)on1. The summed E-state index contributed by atoms with van der Waals surface area (Å²) >= 11 is 0. The van der Waals surface area contributed by atoms with Gasteiger partial charge in [-0.15, -0.1) is 0 Å². The third kappa shape index (κ3) is 3.76. The highest BCUT2D eigenvalue weighted by Gasteiger charge is 2.24. The Morgan fingerprint density at radius 1 is 1.38 bits per heavy atom. The summed E-state index contributed by atoms with van der Waals surface area (Å²) in [5.74, 6) is 1.58. The molecule has 1 aliphatic heterocycles. The van der Waals surface area contributed by atoms with Gasteiger partial charge in [-0.3, -0.25) is 0 Å². The van der Waals surface area contributed by atoms with Crippen LogP contribution in [0.5, 0.6) is 5.88 Å². The maximum atomic E-state index is 6.05. The van der Waals surface area contributed by atoms with Crippen LogP contribution >= 0.6 is 0 Å². The minimum absolute atomic E-state index is 0.0767. The van der Waals surface area contributed by atoms with Gasteiger partial charge in [0.1, 0.15) is 17.7 Å². The lowest BCUT2D eigenvalue weighted by atomic mass is 10.1. The predicted molar refractivity (Wildman–Crippen MR) is 90.7 cm³/mol. The summed E-state index contributed by atoms with van der Waals surface area (Å²) in [7, 11) is 2.07. The second kappa shape index (κ2) is 7.04. The molecular formula is C16H24N6O2. The van der Waals surface area contributed by atoms with Crippen LogP contribution in [0.25, 0.3) is 0 Å². The van der Waals surface area contributed by atoms with Crippen molar-refractivity contribution < 1.29 is 9.26 Å². The van der Waals surface area contributed by atoms with Gasteiger partial charge in [0, 0.05) is 25.6 Å².